The van der Waals surface area contributed by atoms with Crippen molar-refractivity contribution in [2.24, 2.45) is 0 Å². The number of rotatable bonds is 9. The summed E-state index contributed by atoms with van der Waals surface area (Å²) in [4.78, 5) is 0.317. The molecule has 0 heterocycles. The van der Waals surface area contributed by atoms with E-state index in [9.17, 15) is 8.42 Å². The van der Waals surface area contributed by atoms with Crippen molar-refractivity contribution < 1.29 is 13.2 Å². The minimum atomic E-state index is -3.57. The first-order valence-electron chi connectivity index (χ1n) is 9.31. The van der Waals surface area contributed by atoms with Crippen LogP contribution in [0.2, 0.25) is 0 Å². The van der Waals surface area contributed by atoms with Gasteiger partial charge in [-0.2, -0.15) is 4.31 Å². The van der Waals surface area contributed by atoms with Gasteiger partial charge in [0, 0.05) is 18.1 Å². The zero-order valence-electron chi connectivity index (χ0n) is 15.3. The Morgan fingerprint density at radius 3 is 2.32 bits per heavy atom. The van der Waals surface area contributed by atoms with Crippen LogP contribution < -0.4 is 0 Å². The van der Waals surface area contributed by atoms with Crippen molar-refractivity contribution in [1.29, 1.82) is 0 Å². The fourth-order valence-corrected chi connectivity index (χ4v) is 5.16. The van der Waals surface area contributed by atoms with Gasteiger partial charge in [0.2, 0.25) is 10.0 Å². The third-order valence-electron chi connectivity index (χ3n) is 5.05. The Morgan fingerprint density at radius 1 is 1.08 bits per heavy atom. The highest BCUT2D eigenvalue weighted by Gasteiger charge is 2.43. The summed E-state index contributed by atoms with van der Waals surface area (Å²) in [6.07, 6.45) is 9.21. The van der Waals surface area contributed by atoms with E-state index in [4.69, 9.17) is 4.74 Å². The van der Waals surface area contributed by atoms with Crippen molar-refractivity contribution in [2.75, 3.05) is 13.7 Å². The van der Waals surface area contributed by atoms with Gasteiger partial charge in [-0.1, -0.05) is 48.5 Å². The molecule has 1 aromatic carbocycles. The molecule has 2 rings (SSSR count). The molecular formula is C19H30BrNO3S. The molecule has 0 aromatic heterocycles. The van der Waals surface area contributed by atoms with E-state index < -0.39 is 15.7 Å². The second-order valence-corrected chi connectivity index (χ2v) is 9.73. The van der Waals surface area contributed by atoms with Gasteiger partial charge in [-0.25, -0.2) is 8.42 Å². The highest BCUT2D eigenvalue weighted by molar-refractivity contribution is 9.10. The standard InChI is InChI=1S/C19H30BrNO3S/c1-3-4-5-9-16-24-19(14-7-6-8-15-19)21(2)25(22,23)18-12-10-17(20)11-13-18/h10-13H,3-9,14-16H2,1-2H3. The minimum Gasteiger partial charge on any atom is -0.359 e. The summed E-state index contributed by atoms with van der Waals surface area (Å²) < 4.78 is 34.8. The summed E-state index contributed by atoms with van der Waals surface area (Å²) in [5.74, 6) is 0. The highest BCUT2D eigenvalue weighted by Crippen LogP contribution is 2.37. The van der Waals surface area contributed by atoms with Crippen molar-refractivity contribution in [3.8, 4) is 0 Å². The van der Waals surface area contributed by atoms with Gasteiger partial charge < -0.3 is 4.74 Å². The summed E-state index contributed by atoms with van der Waals surface area (Å²) >= 11 is 3.36. The fourth-order valence-electron chi connectivity index (χ4n) is 3.43. The molecule has 0 spiro atoms. The fraction of sp³-hybridized carbons (Fsp3) is 0.684. The van der Waals surface area contributed by atoms with Crippen LogP contribution in [0.5, 0.6) is 0 Å². The Labute approximate surface area is 161 Å². The van der Waals surface area contributed by atoms with Gasteiger partial charge in [0.1, 0.15) is 5.72 Å². The third-order valence-corrected chi connectivity index (χ3v) is 7.50. The lowest BCUT2D eigenvalue weighted by Crippen LogP contribution is -2.52. The van der Waals surface area contributed by atoms with Gasteiger partial charge >= 0.3 is 0 Å². The molecule has 1 saturated carbocycles. The number of unbranched alkanes of at least 4 members (excludes halogenated alkanes) is 3. The summed E-state index contributed by atoms with van der Waals surface area (Å²) in [6, 6.07) is 6.82. The summed E-state index contributed by atoms with van der Waals surface area (Å²) in [5, 5.41) is 0. The van der Waals surface area contributed by atoms with E-state index in [2.05, 4.69) is 22.9 Å². The Kier molecular flexibility index (Phi) is 7.92. The summed E-state index contributed by atoms with van der Waals surface area (Å²) in [7, 11) is -1.90. The van der Waals surface area contributed by atoms with E-state index in [1.807, 2.05) is 0 Å². The molecule has 1 aromatic rings. The number of benzene rings is 1. The molecule has 0 saturated heterocycles. The summed E-state index contributed by atoms with van der Waals surface area (Å²) in [5.41, 5.74) is -0.698. The van der Waals surface area contributed by atoms with E-state index in [-0.39, 0.29) is 0 Å². The molecule has 1 aliphatic carbocycles. The van der Waals surface area contributed by atoms with E-state index >= 15 is 0 Å². The smallest absolute Gasteiger partial charge is 0.245 e. The summed E-state index contributed by atoms with van der Waals surface area (Å²) in [6.45, 7) is 2.81. The van der Waals surface area contributed by atoms with Crippen LogP contribution in [0, 0.1) is 0 Å². The van der Waals surface area contributed by atoms with Crippen molar-refractivity contribution in [3.63, 3.8) is 0 Å². The SMILES string of the molecule is CCCCCCOC1(N(C)S(=O)(=O)c2ccc(Br)cc2)CCCCC1. The molecule has 0 radical (unpaired) electrons. The molecule has 4 nitrogen and oxygen atoms in total. The molecular weight excluding hydrogens is 402 g/mol. The molecule has 0 atom stereocenters. The maximum Gasteiger partial charge on any atom is 0.245 e. The Morgan fingerprint density at radius 2 is 1.72 bits per heavy atom. The van der Waals surface area contributed by atoms with Gasteiger partial charge in [-0.05, 0) is 56.4 Å². The average molecular weight is 432 g/mol. The third kappa shape index (κ3) is 5.28. The van der Waals surface area contributed by atoms with Crippen LogP contribution in [0.3, 0.4) is 0 Å². The van der Waals surface area contributed by atoms with E-state index in [1.165, 1.54) is 17.1 Å². The predicted molar refractivity (Wildman–Crippen MR) is 105 cm³/mol. The van der Waals surface area contributed by atoms with E-state index in [0.29, 0.717) is 11.5 Å². The second kappa shape index (κ2) is 9.49. The van der Waals surface area contributed by atoms with Crippen molar-refractivity contribution in [2.45, 2.75) is 75.3 Å². The van der Waals surface area contributed by atoms with Crippen molar-refractivity contribution in [1.82, 2.24) is 4.31 Å². The van der Waals surface area contributed by atoms with Gasteiger partial charge in [0.05, 0.1) is 4.90 Å². The van der Waals surface area contributed by atoms with Crippen LogP contribution in [0.1, 0.15) is 64.7 Å². The number of ether oxygens (including phenoxy) is 1. The number of sulfonamides is 1. The first-order valence-corrected chi connectivity index (χ1v) is 11.5. The molecule has 0 N–H and O–H groups in total. The Bertz CT molecular complexity index is 625. The van der Waals surface area contributed by atoms with E-state index in [1.54, 1.807) is 31.3 Å². The van der Waals surface area contributed by atoms with Crippen LogP contribution >= 0.6 is 15.9 Å². The molecule has 0 amide bonds. The molecule has 25 heavy (non-hydrogen) atoms. The Hall–Kier alpha value is -0.430. The maximum absolute atomic E-state index is 13.1. The monoisotopic (exact) mass is 431 g/mol. The van der Waals surface area contributed by atoms with Crippen molar-refractivity contribution >= 4 is 26.0 Å². The molecule has 1 fully saturated rings. The highest BCUT2D eigenvalue weighted by atomic mass is 79.9. The molecule has 0 aliphatic heterocycles. The minimum absolute atomic E-state index is 0.317. The lowest BCUT2D eigenvalue weighted by Gasteiger charge is -2.43. The van der Waals surface area contributed by atoms with Gasteiger partial charge in [0.25, 0.3) is 0 Å². The predicted octanol–water partition coefficient (Wildman–Crippen LogP) is 5.33. The lowest BCUT2D eigenvalue weighted by atomic mass is 9.91. The maximum atomic E-state index is 13.1. The second-order valence-electron chi connectivity index (χ2n) is 6.84. The van der Waals surface area contributed by atoms with Crippen LogP contribution in [-0.2, 0) is 14.8 Å². The first-order chi connectivity index (χ1) is 11.9. The average Bonchev–Trinajstić information content (AvgIpc) is 2.62. The topological polar surface area (TPSA) is 46.6 Å². The number of hydrogen-bond acceptors (Lipinski definition) is 3. The van der Waals surface area contributed by atoms with Gasteiger partial charge in [0.15, 0.2) is 0 Å². The molecule has 142 valence electrons. The normalized spacial score (nSPS) is 17.8. The zero-order chi connectivity index (χ0) is 18.3. The largest absolute Gasteiger partial charge is 0.359 e. The van der Waals surface area contributed by atoms with Crippen LogP contribution in [0.15, 0.2) is 33.6 Å². The molecule has 1 aliphatic rings. The number of hydrogen-bond donors (Lipinski definition) is 0. The van der Waals surface area contributed by atoms with Crippen LogP contribution in [0.25, 0.3) is 0 Å². The van der Waals surface area contributed by atoms with Crippen molar-refractivity contribution in [3.05, 3.63) is 28.7 Å². The van der Waals surface area contributed by atoms with Gasteiger partial charge in [-0.15, -0.1) is 0 Å². The number of nitrogens with zero attached hydrogens (tertiary/aromatic N) is 1. The molecule has 6 heteroatoms. The Balaban J connectivity index is 2.16. The van der Waals surface area contributed by atoms with Gasteiger partial charge in [-0.3, -0.25) is 0 Å². The lowest BCUT2D eigenvalue weighted by molar-refractivity contribution is -0.135. The van der Waals surface area contributed by atoms with E-state index in [0.717, 1.165) is 49.4 Å². The molecule has 0 unspecified atom stereocenters. The van der Waals surface area contributed by atoms with Crippen LogP contribution in [0.4, 0.5) is 0 Å². The quantitative estimate of drug-likeness (QED) is 0.392. The first kappa shape index (κ1) is 20.9. The molecule has 0 bridgehead atoms. The zero-order valence-corrected chi connectivity index (χ0v) is 17.7. The van der Waals surface area contributed by atoms with Crippen LogP contribution in [-0.4, -0.2) is 32.1 Å². The number of halogens is 1.